The van der Waals surface area contributed by atoms with Crippen LogP contribution in [0.4, 0.5) is 0 Å². The van der Waals surface area contributed by atoms with Crippen LogP contribution in [0.3, 0.4) is 0 Å². The molecule has 1 aromatic heterocycles. The smallest absolute Gasteiger partial charge is 0.146 e. The summed E-state index contributed by atoms with van der Waals surface area (Å²) in [7, 11) is 1.89. The summed E-state index contributed by atoms with van der Waals surface area (Å²) in [6, 6.07) is 7.56. The van der Waals surface area contributed by atoms with Crippen LogP contribution in [-0.2, 0) is 6.54 Å². The van der Waals surface area contributed by atoms with E-state index < -0.39 is 0 Å². The molecule has 18 heavy (non-hydrogen) atoms. The first kappa shape index (κ1) is 13.3. The highest BCUT2D eigenvalue weighted by atomic mass is 79.9. The van der Waals surface area contributed by atoms with Gasteiger partial charge in [-0.2, -0.15) is 0 Å². The molecule has 2 rings (SSSR count). The molecule has 2 aromatic rings. The normalized spacial score (nSPS) is 10.4. The summed E-state index contributed by atoms with van der Waals surface area (Å²) in [5.74, 6) is 1.27. The average Bonchev–Trinajstić information content (AvgIpc) is 2.33. The molecule has 94 valence electrons. The third-order valence-corrected chi connectivity index (χ3v) is 3.01. The Labute approximate surface area is 119 Å². The van der Waals surface area contributed by atoms with Crippen molar-refractivity contribution in [2.45, 2.75) is 6.54 Å². The average molecular weight is 328 g/mol. The van der Waals surface area contributed by atoms with Gasteiger partial charge in [0, 0.05) is 17.2 Å². The molecular weight excluding hydrogens is 316 g/mol. The van der Waals surface area contributed by atoms with E-state index in [0.717, 1.165) is 16.6 Å². The zero-order valence-electron chi connectivity index (χ0n) is 9.78. The Morgan fingerprint density at radius 2 is 2.17 bits per heavy atom. The van der Waals surface area contributed by atoms with Gasteiger partial charge < -0.3 is 10.1 Å². The minimum Gasteiger partial charge on any atom is -0.454 e. The van der Waals surface area contributed by atoms with E-state index in [1.807, 2.05) is 31.3 Å². The van der Waals surface area contributed by atoms with Crippen molar-refractivity contribution in [1.82, 2.24) is 10.3 Å². The van der Waals surface area contributed by atoms with Crippen LogP contribution in [0.25, 0.3) is 0 Å². The predicted molar refractivity (Wildman–Crippen MR) is 76.2 cm³/mol. The number of halogens is 2. The zero-order valence-corrected chi connectivity index (χ0v) is 12.1. The molecule has 5 heteroatoms. The van der Waals surface area contributed by atoms with Crippen LogP contribution in [0.2, 0.25) is 5.02 Å². The number of hydrogen-bond donors (Lipinski definition) is 1. The molecule has 0 spiro atoms. The van der Waals surface area contributed by atoms with Crippen molar-refractivity contribution >= 4 is 27.5 Å². The van der Waals surface area contributed by atoms with E-state index in [4.69, 9.17) is 16.3 Å². The minimum atomic E-state index is 0.586. The fourth-order valence-corrected chi connectivity index (χ4v) is 2.10. The van der Waals surface area contributed by atoms with Gasteiger partial charge in [-0.3, -0.25) is 4.98 Å². The summed E-state index contributed by atoms with van der Waals surface area (Å²) in [6.07, 6.45) is 3.34. The molecule has 0 aliphatic rings. The van der Waals surface area contributed by atoms with Gasteiger partial charge in [-0.05, 0) is 46.7 Å². The van der Waals surface area contributed by atoms with E-state index in [1.54, 1.807) is 12.4 Å². The van der Waals surface area contributed by atoms with Gasteiger partial charge in [0.25, 0.3) is 0 Å². The lowest BCUT2D eigenvalue weighted by Gasteiger charge is -2.09. The molecule has 1 N–H and O–H groups in total. The standard InChI is InChI=1S/C13H12BrClN2O/c1-16-6-9-2-3-13(12(15)4-9)18-11-5-10(14)7-17-8-11/h2-5,7-8,16H,6H2,1H3. The highest BCUT2D eigenvalue weighted by Crippen LogP contribution is 2.30. The van der Waals surface area contributed by atoms with E-state index in [0.29, 0.717) is 16.5 Å². The maximum atomic E-state index is 6.17. The molecule has 1 aromatic carbocycles. The second kappa shape index (κ2) is 6.18. The molecule has 0 aliphatic carbocycles. The Morgan fingerprint density at radius 1 is 1.33 bits per heavy atom. The molecule has 1 heterocycles. The lowest BCUT2D eigenvalue weighted by Crippen LogP contribution is -2.04. The van der Waals surface area contributed by atoms with E-state index >= 15 is 0 Å². The molecular formula is C13H12BrClN2O. The molecule has 0 bridgehead atoms. The van der Waals surface area contributed by atoms with Crippen LogP contribution in [0.5, 0.6) is 11.5 Å². The maximum Gasteiger partial charge on any atom is 0.146 e. The first-order valence-corrected chi connectivity index (χ1v) is 6.57. The number of nitrogens with zero attached hydrogens (tertiary/aromatic N) is 1. The fourth-order valence-electron chi connectivity index (χ4n) is 1.52. The van der Waals surface area contributed by atoms with Gasteiger partial charge in [0.2, 0.25) is 0 Å². The highest BCUT2D eigenvalue weighted by Gasteiger charge is 2.05. The Hall–Kier alpha value is -1.10. The number of rotatable bonds is 4. The van der Waals surface area contributed by atoms with Gasteiger partial charge >= 0.3 is 0 Å². The first-order valence-electron chi connectivity index (χ1n) is 5.40. The Balaban J connectivity index is 2.19. The van der Waals surface area contributed by atoms with Gasteiger partial charge in [-0.25, -0.2) is 0 Å². The van der Waals surface area contributed by atoms with Crippen molar-refractivity contribution in [3.63, 3.8) is 0 Å². The van der Waals surface area contributed by atoms with Gasteiger partial charge in [0.05, 0.1) is 11.2 Å². The lowest BCUT2D eigenvalue weighted by molar-refractivity contribution is 0.480. The number of benzene rings is 1. The topological polar surface area (TPSA) is 34.1 Å². The molecule has 3 nitrogen and oxygen atoms in total. The molecule has 0 saturated carbocycles. The monoisotopic (exact) mass is 326 g/mol. The van der Waals surface area contributed by atoms with Gasteiger partial charge in [-0.15, -0.1) is 0 Å². The zero-order chi connectivity index (χ0) is 13.0. The summed E-state index contributed by atoms with van der Waals surface area (Å²) in [5, 5.41) is 3.66. The summed E-state index contributed by atoms with van der Waals surface area (Å²) in [4.78, 5) is 4.03. The number of aromatic nitrogens is 1. The third kappa shape index (κ3) is 3.45. The number of nitrogens with one attached hydrogen (secondary N) is 1. The van der Waals surface area contributed by atoms with Gasteiger partial charge in [-0.1, -0.05) is 17.7 Å². The Kier molecular flexibility index (Phi) is 4.58. The van der Waals surface area contributed by atoms with Crippen molar-refractivity contribution in [3.05, 3.63) is 51.7 Å². The molecule has 0 fully saturated rings. The van der Waals surface area contributed by atoms with Gasteiger partial charge in [0.15, 0.2) is 0 Å². The van der Waals surface area contributed by atoms with Crippen molar-refractivity contribution < 1.29 is 4.74 Å². The van der Waals surface area contributed by atoms with Crippen LogP contribution in [-0.4, -0.2) is 12.0 Å². The molecule has 0 aliphatic heterocycles. The van der Waals surface area contributed by atoms with Gasteiger partial charge in [0.1, 0.15) is 11.5 Å². The van der Waals surface area contributed by atoms with Crippen molar-refractivity contribution in [1.29, 1.82) is 0 Å². The van der Waals surface area contributed by atoms with Crippen molar-refractivity contribution in [2.24, 2.45) is 0 Å². The summed E-state index contributed by atoms with van der Waals surface area (Å²) in [5.41, 5.74) is 1.11. The second-order valence-electron chi connectivity index (χ2n) is 3.74. The Morgan fingerprint density at radius 3 is 2.83 bits per heavy atom. The fraction of sp³-hybridized carbons (Fsp3) is 0.154. The van der Waals surface area contributed by atoms with E-state index in [2.05, 4.69) is 26.2 Å². The van der Waals surface area contributed by atoms with E-state index in [1.165, 1.54) is 0 Å². The van der Waals surface area contributed by atoms with Crippen LogP contribution in [0.15, 0.2) is 41.1 Å². The highest BCUT2D eigenvalue weighted by molar-refractivity contribution is 9.10. The maximum absolute atomic E-state index is 6.17. The van der Waals surface area contributed by atoms with Crippen molar-refractivity contribution in [3.8, 4) is 11.5 Å². The minimum absolute atomic E-state index is 0.586. The van der Waals surface area contributed by atoms with Crippen LogP contribution >= 0.6 is 27.5 Å². The molecule has 0 radical (unpaired) electrons. The summed E-state index contributed by atoms with van der Waals surface area (Å²) < 4.78 is 6.54. The summed E-state index contributed by atoms with van der Waals surface area (Å²) >= 11 is 9.51. The second-order valence-corrected chi connectivity index (χ2v) is 5.06. The SMILES string of the molecule is CNCc1ccc(Oc2cncc(Br)c2)c(Cl)c1. The van der Waals surface area contributed by atoms with Crippen LogP contribution < -0.4 is 10.1 Å². The predicted octanol–water partition coefficient (Wildman–Crippen LogP) is 4.01. The lowest BCUT2D eigenvalue weighted by atomic mass is 10.2. The molecule has 0 amide bonds. The Bertz CT molecular complexity index is 548. The third-order valence-electron chi connectivity index (χ3n) is 2.28. The van der Waals surface area contributed by atoms with Crippen molar-refractivity contribution in [2.75, 3.05) is 7.05 Å². The van der Waals surface area contributed by atoms with E-state index in [9.17, 15) is 0 Å². The summed E-state index contributed by atoms with van der Waals surface area (Å²) in [6.45, 7) is 0.776. The number of ether oxygens (including phenoxy) is 1. The number of pyridine rings is 1. The molecule has 0 saturated heterocycles. The molecule has 0 atom stereocenters. The quantitative estimate of drug-likeness (QED) is 0.921. The van der Waals surface area contributed by atoms with Crippen LogP contribution in [0, 0.1) is 0 Å². The number of hydrogen-bond acceptors (Lipinski definition) is 3. The largest absolute Gasteiger partial charge is 0.454 e. The van der Waals surface area contributed by atoms with E-state index in [-0.39, 0.29) is 0 Å². The first-order chi connectivity index (χ1) is 8.69. The molecule has 0 unspecified atom stereocenters. The van der Waals surface area contributed by atoms with Crippen LogP contribution in [0.1, 0.15) is 5.56 Å².